The first kappa shape index (κ1) is 23.3. The molecule has 37 heavy (non-hydrogen) atoms. The Hall–Kier alpha value is -4.14. The van der Waals surface area contributed by atoms with E-state index in [2.05, 4.69) is 75.9 Å². The Balaban J connectivity index is 1.34. The Morgan fingerprint density at radius 3 is 2.51 bits per heavy atom. The maximum absolute atomic E-state index is 5.59. The van der Waals surface area contributed by atoms with Crippen LogP contribution in [0.2, 0.25) is 0 Å². The quantitative estimate of drug-likeness (QED) is 0.309. The molecule has 1 fully saturated rings. The van der Waals surface area contributed by atoms with Crippen molar-refractivity contribution < 1.29 is 4.74 Å². The molecule has 0 atom stereocenters. The van der Waals surface area contributed by atoms with Gasteiger partial charge >= 0.3 is 0 Å². The summed E-state index contributed by atoms with van der Waals surface area (Å²) in [7, 11) is 1.62. The van der Waals surface area contributed by atoms with E-state index in [1.807, 2.05) is 17.8 Å². The number of aromatic nitrogens is 8. The fourth-order valence-electron chi connectivity index (χ4n) is 4.77. The number of benzene rings is 1. The van der Waals surface area contributed by atoms with E-state index in [1.165, 1.54) is 0 Å². The van der Waals surface area contributed by atoms with Gasteiger partial charge in [0, 0.05) is 29.4 Å². The van der Waals surface area contributed by atoms with Gasteiger partial charge in [0.1, 0.15) is 17.7 Å². The lowest BCUT2D eigenvalue weighted by atomic mass is 9.99. The van der Waals surface area contributed by atoms with Gasteiger partial charge in [0.05, 0.1) is 36.6 Å². The van der Waals surface area contributed by atoms with Gasteiger partial charge in [0.2, 0.25) is 5.88 Å². The summed E-state index contributed by atoms with van der Waals surface area (Å²) in [5.41, 5.74) is 5.71. The highest BCUT2D eigenvalue weighted by molar-refractivity contribution is 5.77. The lowest BCUT2D eigenvalue weighted by Crippen LogP contribution is -2.10. The highest BCUT2D eigenvalue weighted by Gasteiger charge is 2.44. The number of hydrogen-bond donors (Lipinski definition) is 0. The molecular formula is C28H30N8O. The van der Waals surface area contributed by atoms with Crippen LogP contribution in [0.1, 0.15) is 56.6 Å². The number of methoxy groups -OCH3 is 1. The molecule has 0 aliphatic heterocycles. The summed E-state index contributed by atoms with van der Waals surface area (Å²) in [6.07, 6.45) is 9.42. The van der Waals surface area contributed by atoms with Crippen LogP contribution in [0.3, 0.4) is 0 Å². The first-order valence-electron chi connectivity index (χ1n) is 12.6. The predicted octanol–water partition coefficient (Wildman–Crippen LogP) is 5.14. The molecule has 1 aliphatic carbocycles. The fourth-order valence-corrected chi connectivity index (χ4v) is 4.77. The maximum Gasteiger partial charge on any atom is 0.227 e. The normalized spacial score (nSPS) is 14.4. The second-order valence-corrected chi connectivity index (χ2v) is 10.3. The van der Waals surface area contributed by atoms with Gasteiger partial charge in [-0.05, 0) is 39.2 Å². The largest absolute Gasteiger partial charge is 0.480 e. The molecule has 1 saturated carbocycles. The van der Waals surface area contributed by atoms with E-state index >= 15 is 0 Å². The van der Waals surface area contributed by atoms with Crippen LogP contribution in [0.5, 0.6) is 5.88 Å². The Kier molecular flexibility index (Phi) is 5.51. The van der Waals surface area contributed by atoms with Crippen LogP contribution in [-0.2, 0) is 12.0 Å². The first-order chi connectivity index (χ1) is 17.9. The predicted molar refractivity (Wildman–Crippen MR) is 141 cm³/mol. The van der Waals surface area contributed by atoms with Crippen LogP contribution in [0.25, 0.3) is 33.8 Å². The zero-order valence-corrected chi connectivity index (χ0v) is 21.8. The smallest absolute Gasteiger partial charge is 0.227 e. The van der Waals surface area contributed by atoms with Gasteiger partial charge in [-0.15, -0.1) is 0 Å². The molecular weight excluding hydrogens is 464 g/mol. The number of aryl methyl sites for hydroxylation is 1. The Morgan fingerprint density at radius 2 is 1.81 bits per heavy atom. The molecule has 0 saturated heterocycles. The van der Waals surface area contributed by atoms with E-state index in [1.54, 1.807) is 19.6 Å². The van der Waals surface area contributed by atoms with Crippen molar-refractivity contribution in [2.45, 2.75) is 58.5 Å². The summed E-state index contributed by atoms with van der Waals surface area (Å²) < 4.78 is 9.71. The van der Waals surface area contributed by atoms with Gasteiger partial charge in [-0.3, -0.25) is 0 Å². The van der Waals surface area contributed by atoms with Gasteiger partial charge in [-0.25, -0.2) is 29.6 Å². The second kappa shape index (κ2) is 8.76. The summed E-state index contributed by atoms with van der Waals surface area (Å²) in [5.74, 6) is 2.04. The molecule has 0 amide bonds. The Morgan fingerprint density at radius 1 is 1.03 bits per heavy atom. The third-order valence-corrected chi connectivity index (χ3v) is 7.13. The van der Waals surface area contributed by atoms with Crippen molar-refractivity contribution in [3.63, 3.8) is 0 Å². The minimum Gasteiger partial charge on any atom is -0.480 e. The van der Waals surface area contributed by atoms with Gasteiger partial charge in [-0.1, -0.05) is 31.2 Å². The van der Waals surface area contributed by atoms with Crippen molar-refractivity contribution in [3.8, 4) is 28.7 Å². The van der Waals surface area contributed by atoms with Crippen molar-refractivity contribution in [2.24, 2.45) is 0 Å². The molecule has 6 rings (SSSR count). The minimum absolute atomic E-state index is 0.00862. The summed E-state index contributed by atoms with van der Waals surface area (Å²) >= 11 is 0. The van der Waals surface area contributed by atoms with Gasteiger partial charge in [0.15, 0.2) is 11.5 Å². The van der Waals surface area contributed by atoms with Crippen LogP contribution in [0, 0.1) is 6.92 Å². The van der Waals surface area contributed by atoms with Crippen LogP contribution < -0.4 is 4.74 Å². The van der Waals surface area contributed by atoms with Gasteiger partial charge < -0.3 is 9.30 Å². The molecule has 0 N–H and O–H groups in total. The number of rotatable bonds is 7. The Bertz CT molecular complexity index is 1590. The van der Waals surface area contributed by atoms with Crippen LogP contribution in [0.4, 0.5) is 0 Å². The fraction of sp³-hybridized carbons (Fsp3) is 0.357. The zero-order chi connectivity index (χ0) is 25.7. The van der Waals surface area contributed by atoms with Crippen molar-refractivity contribution in [2.75, 3.05) is 7.11 Å². The van der Waals surface area contributed by atoms with Crippen molar-refractivity contribution in [3.05, 3.63) is 66.1 Å². The second-order valence-electron chi connectivity index (χ2n) is 10.3. The summed E-state index contributed by atoms with van der Waals surface area (Å²) in [5, 5.41) is 5.49. The Labute approximate surface area is 215 Å². The third-order valence-electron chi connectivity index (χ3n) is 7.13. The number of nitrogens with zero attached hydrogens (tertiary/aromatic N) is 8. The summed E-state index contributed by atoms with van der Waals surface area (Å²) in [4.78, 5) is 23.3. The van der Waals surface area contributed by atoms with E-state index in [0.29, 0.717) is 24.3 Å². The third kappa shape index (κ3) is 4.14. The lowest BCUT2D eigenvalue weighted by Gasteiger charge is -2.15. The molecule has 9 heteroatoms. The highest BCUT2D eigenvalue weighted by atomic mass is 16.5. The van der Waals surface area contributed by atoms with E-state index in [0.717, 1.165) is 57.8 Å². The molecule has 0 spiro atoms. The molecule has 0 bridgehead atoms. The summed E-state index contributed by atoms with van der Waals surface area (Å²) in [6, 6.07) is 8.84. The minimum atomic E-state index is 0.00862. The van der Waals surface area contributed by atoms with Crippen LogP contribution in [-0.4, -0.2) is 46.4 Å². The maximum atomic E-state index is 5.59. The SMILES string of the molecule is COc1ncnc(C2(C)CC2)c1-c1ncc2cnn(Cc3ccc(-c4nc(C)cn4C(C)C)cc3)c2n1. The van der Waals surface area contributed by atoms with Crippen LogP contribution >= 0.6 is 0 Å². The zero-order valence-electron chi connectivity index (χ0n) is 21.8. The van der Waals surface area contributed by atoms with Crippen molar-refractivity contribution in [1.82, 2.24) is 39.3 Å². The molecule has 4 heterocycles. The number of ether oxygens (including phenoxy) is 1. The standard InChI is InChI=1S/C28H30N8O/c1-17(2)35-14-18(3)33-25(35)20-8-6-19(7-9-20)15-36-26-21(13-32-36)12-29-24(34-26)22-23(28(4)10-11-28)30-16-31-27(22)37-5/h6-9,12-14,16-17H,10-11,15H2,1-5H3. The van der Waals surface area contributed by atoms with Gasteiger partial charge in [-0.2, -0.15) is 5.10 Å². The molecule has 0 unspecified atom stereocenters. The number of hydrogen-bond acceptors (Lipinski definition) is 7. The first-order valence-corrected chi connectivity index (χ1v) is 12.6. The highest BCUT2D eigenvalue weighted by Crippen LogP contribution is 2.50. The lowest BCUT2D eigenvalue weighted by molar-refractivity contribution is 0.396. The van der Waals surface area contributed by atoms with Crippen molar-refractivity contribution >= 4 is 11.0 Å². The monoisotopic (exact) mass is 494 g/mol. The summed E-state index contributed by atoms with van der Waals surface area (Å²) in [6.45, 7) is 9.16. The molecule has 9 nitrogen and oxygen atoms in total. The molecule has 188 valence electrons. The topological polar surface area (TPSA) is 96.4 Å². The van der Waals surface area contributed by atoms with Crippen molar-refractivity contribution in [1.29, 1.82) is 0 Å². The molecule has 0 radical (unpaired) electrons. The average Bonchev–Trinajstić information content (AvgIpc) is 3.34. The number of imidazole rings is 1. The molecule has 1 aliphatic rings. The van der Waals surface area contributed by atoms with Crippen LogP contribution in [0.15, 0.2) is 49.2 Å². The van der Waals surface area contributed by atoms with E-state index in [9.17, 15) is 0 Å². The van der Waals surface area contributed by atoms with E-state index < -0.39 is 0 Å². The number of fused-ring (bicyclic) bond motifs is 1. The molecule has 5 aromatic rings. The molecule has 1 aromatic carbocycles. The van der Waals surface area contributed by atoms with Gasteiger partial charge in [0.25, 0.3) is 0 Å². The molecule has 4 aromatic heterocycles. The van der Waals surface area contributed by atoms with E-state index in [4.69, 9.17) is 14.7 Å². The van der Waals surface area contributed by atoms with E-state index in [-0.39, 0.29) is 5.41 Å². The average molecular weight is 495 g/mol.